The van der Waals surface area contributed by atoms with E-state index in [9.17, 15) is 61.0 Å². The van der Waals surface area contributed by atoms with Crippen molar-refractivity contribution in [1.82, 2.24) is 0 Å². The number of allylic oxidation sites excluding steroid dienone is 1. The third-order valence-electron chi connectivity index (χ3n) is 12.6. The molecule has 0 spiro atoms. The zero-order chi connectivity index (χ0) is 40.4. The Bertz CT molecular complexity index is 1290. The van der Waals surface area contributed by atoms with Crippen LogP contribution in [0.1, 0.15) is 57.8 Å². The van der Waals surface area contributed by atoms with Crippen LogP contribution in [-0.2, 0) is 38.0 Å². The van der Waals surface area contributed by atoms with Gasteiger partial charge in [-0.2, -0.15) is 0 Å². The summed E-state index contributed by atoms with van der Waals surface area (Å²) in [7, 11) is 1.50. The summed E-state index contributed by atoms with van der Waals surface area (Å²) >= 11 is 0. The molecule has 19 nitrogen and oxygen atoms in total. The zero-order valence-corrected chi connectivity index (χ0v) is 31.3. The molecule has 11 N–H and O–H groups in total. The average molecular weight is 809 g/mol. The number of hydrogen-bond acceptors (Lipinski definition) is 19. The van der Waals surface area contributed by atoms with E-state index in [1.54, 1.807) is 6.08 Å². The first-order chi connectivity index (χ1) is 26.7. The first-order valence-electron chi connectivity index (χ1n) is 19.8. The molecule has 56 heavy (non-hydrogen) atoms. The van der Waals surface area contributed by atoms with E-state index in [-0.39, 0.29) is 37.5 Å². The molecule has 0 amide bonds. The van der Waals surface area contributed by atoms with Gasteiger partial charge in [-0.05, 0) is 69.6 Å². The zero-order valence-electron chi connectivity index (χ0n) is 31.3. The van der Waals surface area contributed by atoms with Crippen molar-refractivity contribution in [2.75, 3.05) is 20.3 Å². The van der Waals surface area contributed by atoms with Gasteiger partial charge >= 0.3 is 5.97 Å². The van der Waals surface area contributed by atoms with Crippen LogP contribution in [0.25, 0.3) is 0 Å². The maximum atomic E-state index is 12.5. The van der Waals surface area contributed by atoms with Crippen LogP contribution in [0.3, 0.4) is 0 Å². The van der Waals surface area contributed by atoms with E-state index in [2.05, 4.69) is 0 Å². The van der Waals surface area contributed by atoms with Gasteiger partial charge in [0.05, 0.1) is 61.5 Å². The molecule has 0 bridgehead atoms. The summed E-state index contributed by atoms with van der Waals surface area (Å²) < 4.78 is 41.5. The lowest BCUT2D eigenvalue weighted by Gasteiger charge is -2.52. The van der Waals surface area contributed by atoms with Crippen molar-refractivity contribution in [2.45, 2.75) is 174 Å². The van der Waals surface area contributed by atoms with Crippen molar-refractivity contribution in [2.24, 2.45) is 17.8 Å². The summed E-state index contributed by atoms with van der Waals surface area (Å²) in [6.07, 6.45) is -17.8. The molecule has 19 heteroatoms. The van der Waals surface area contributed by atoms with Gasteiger partial charge in [0.25, 0.3) is 0 Å². The monoisotopic (exact) mass is 808 g/mol. The van der Waals surface area contributed by atoms with Crippen LogP contribution in [0.5, 0.6) is 0 Å². The molecule has 0 aromatic rings. The minimum atomic E-state index is -1.92. The molecular weight excluding hydrogens is 748 g/mol. The number of fused-ring (bicyclic) bond motifs is 1. The molecule has 322 valence electrons. The molecule has 3 heterocycles. The van der Waals surface area contributed by atoms with Crippen molar-refractivity contribution in [3.63, 3.8) is 0 Å². The predicted octanol–water partition coefficient (Wildman–Crippen LogP) is -3.91. The van der Waals surface area contributed by atoms with Gasteiger partial charge in [-0.15, -0.1) is 0 Å². The molecule has 12 unspecified atom stereocenters. The highest BCUT2D eigenvalue weighted by Crippen LogP contribution is 2.44. The number of hydrogen-bond donors (Lipinski definition) is 11. The van der Waals surface area contributed by atoms with Gasteiger partial charge in [0, 0.05) is 19.1 Å². The van der Waals surface area contributed by atoms with Crippen LogP contribution in [0.2, 0.25) is 0 Å². The molecule has 6 aliphatic rings. The van der Waals surface area contributed by atoms with Crippen molar-refractivity contribution in [3.8, 4) is 0 Å². The third-order valence-corrected chi connectivity index (χ3v) is 12.6. The normalized spacial score (nSPS) is 50.4. The quantitative estimate of drug-likeness (QED) is 0.0702. The molecule has 3 aliphatic carbocycles. The smallest absolute Gasteiger partial charge is 0.330 e. The number of ether oxygens (including phenoxy) is 7. The summed E-state index contributed by atoms with van der Waals surface area (Å²) in [6, 6.07) is 0. The van der Waals surface area contributed by atoms with Crippen LogP contribution in [0.4, 0.5) is 0 Å². The van der Waals surface area contributed by atoms with E-state index in [4.69, 9.17) is 33.2 Å². The molecule has 6 fully saturated rings. The van der Waals surface area contributed by atoms with Crippen molar-refractivity contribution < 1.29 is 94.1 Å². The Morgan fingerprint density at radius 3 is 2.09 bits per heavy atom. The number of rotatable bonds is 11. The Balaban J connectivity index is 1.17. The first kappa shape index (κ1) is 44.1. The molecule has 3 aliphatic heterocycles. The van der Waals surface area contributed by atoms with Gasteiger partial charge in [-0.25, -0.2) is 4.79 Å². The molecule has 0 radical (unpaired) electrons. The minimum Gasteiger partial charge on any atom is -0.460 e. The van der Waals surface area contributed by atoms with Gasteiger partial charge in [0.1, 0.15) is 55.4 Å². The highest BCUT2D eigenvalue weighted by Gasteiger charge is 2.54. The summed E-state index contributed by atoms with van der Waals surface area (Å²) in [5.41, 5.74) is 0. The van der Waals surface area contributed by atoms with E-state index in [1.165, 1.54) is 7.11 Å². The molecule has 3 saturated heterocycles. The SMILES string of the molecule is COC1CC(C2OC3CC(O)CC(O)C3CC2O[C@@H]2O[C@H](CO)[C@@H](O)[C@H](O)[C@H]2O[C@@H]2O[C@H](COC(=O)C=CC3CCC(O)C(O)C3)[C@@H](O)[C@H](O)[C@H]2O)CCC1O. The fourth-order valence-corrected chi connectivity index (χ4v) is 9.21. The van der Waals surface area contributed by atoms with Crippen molar-refractivity contribution in [3.05, 3.63) is 12.2 Å². The Kier molecular flexibility index (Phi) is 15.2. The fourth-order valence-electron chi connectivity index (χ4n) is 9.21. The summed E-state index contributed by atoms with van der Waals surface area (Å²) in [5.74, 6) is -1.68. The van der Waals surface area contributed by atoms with Crippen LogP contribution in [0, 0.1) is 17.8 Å². The van der Waals surface area contributed by atoms with Crippen LogP contribution in [-0.4, -0.2) is 199 Å². The number of aliphatic hydroxyl groups is 11. The van der Waals surface area contributed by atoms with E-state index >= 15 is 0 Å². The largest absolute Gasteiger partial charge is 0.460 e. The molecular formula is C37H60O19. The van der Waals surface area contributed by atoms with Gasteiger partial charge in [-0.3, -0.25) is 0 Å². The second-order valence-electron chi connectivity index (χ2n) is 16.3. The standard InChI is InChI=1S/C37H60O19/c1-50-24-9-16(4-6-20(24)41)34-25(12-18-21(42)10-17(39)11-23(18)52-34)53-37-35(32(48)29(45)26(13-38)54-37)56-36-33(49)31(47)30(46)27(55-36)14-51-28(44)7-3-15-2-5-19(40)22(43)8-15/h3,7,15-27,29-43,45-49H,2,4-6,8-14H2,1H3/t15?,16?,17?,18?,19?,20?,21?,22?,23?,24?,25?,26-,27-,29-,30-,31+,32+,33-,34?,35-,36+,37-/m1/s1. The van der Waals surface area contributed by atoms with Gasteiger partial charge < -0.3 is 89.3 Å². The summed E-state index contributed by atoms with van der Waals surface area (Å²) in [4.78, 5) is 12.5. The van der Waals surface area contributed by atoms with E-state index in [0.717, 1.165) is 6.08 Å². The number of aliphatic hydroxyl groups excluding tert-OH is 11. The van der Waals surface area contributed by atoms with Gasteiger partial charge in [-0.1, -0.05) is 6.08 Å². The van der Waals surface area contributed by atoms with E-state index in [0.29, 0.717) is 32.1 Å². The highest BCUT2D eigenvalue weighted by atomic mass is 16.8. The van der Waals surface area contributed by atoms with Crippen LogP contribution in [0.15, 0.2) is 12.2 Å². The van der Waals surface area contributed by atoms with Gasteiger partial charge in [0.2, 0.25) is 0 Å². The maximum absolute atomic E-state index is 12.5. The van der Waals surface area contributed by atoms with Crippen molar-refractivity contribution >= 4 is 5.97 Å². The first-order valence-corrected chi connectivity index (χ1v) is 19.8. The minimum absolute atomic E-state index is 0.125. The molecule has 22 atom stereocenters. The third kappa shape index (κ3) is 9.93. The fraction of sp³-hybridized carbons (Fsp3) is 0.919. The van der Waals surface area contributed by atoms with Gasteiger partial charge in [0.15, 0.2) is 12.6 Å². The Morgan fingerprint density at radius 1 is 0.661 bits per heavy atom. The second-order valence-corrected chi connectivity index (χ2v) is 16.3. The summed E-state index contributed by atoms with van der Waals surface area (Å²) in [5, 5.41) is 116. The van der Waals surface area contributed by atoms with E-state index < -0.39 is 141 Å². The Morgan fingerprint density at radius 2 is 1.38 bits per heavy atom. The predicted molar refractivity (Wildman–Crippen MR) is 186 cm³/mol. The molecule has 3 saturated carbocycles. The topological polar surface area (TPSA) is 304 Å². The lowest BCUT2D eigenvalue weighted by atomic mass is 9.72. The average Bonchev–Trinajstić information content (AvgIpc) is 3.17. The van der Waals surface area contributed by atoms with Crippen LogP contribution >= 0.6 is 0 Å². The lowest BCUT2D eigenvalue weighted by Crippen LogP contribution is -2.65. The molecule has 0 aromatic carbocycles. The molecule has 0 aromatic heterocycles. The van der Waals surface area contributed by atoms with E-state index in [1.807, 2.05) is 0 Å². The number of esters is 1. The Hall–Kier alpha value is -1.47. The van der Waals surface area contributed by atoms with Crippen molar-refractivity contribution in [1.29, 1.82) is 0 Å². The lowest BCUT2D eigenvalue weighted by molar-refractivity contribution is -0.379. The Labute approximate surface area is 324 Å². The second kappa shape index (κ2) is 19.3. The maximum Gasteiger partial charge on any atom is 0.330 e. The summed E-state index contributed by atoms with van der Waals surface area (Å²) in [6.45, 7) is -1.33. The number of carbonyl (C=O) groups excluding carboxylic acids is 1. The molecule has 6 rings (SSSR count). The number of carbonyl (C=O) groups is 1. The highest BCUT2D eigenvalue weighted by molar-refractivity contribution is 5.81. The number of methoxy groups -OCH3 is 1. The van der Waals surface area contributed by atoms with Crippen LogP contribution < -0.4 is 0 Å².